The molecule has 0 saturated heterocycles. The van der Waals surface area contributed by atoms with Crippen LogP contribution < -0.4 is 9.47 Å². The summed E-state index contributed by atoms with van der Waals surface area (Å²) >= 11 is 0. The fourth-order valence-corrected chi connectivity index (χ4v) is 1.69. The molecule has 0 amide bonds. The van der Waals surface area contributed by atoms with Gasteiger partial charge in [-0.05, 0) is 18.2 Å². The number of nitrogens with zero attached hydrogens (tertiary/aromatic N) is 1. The van der Waals surface area contributed by atoms with Crippen LogP contribution >= 0.6 is 0 Å². The van der Waals surface area contributed by atoms with Crippen molar-refractivity contribution in [3.05, 3.63) is 46.5 Å². The molecule has 0 fully saturated rings. The average Bonchev–Trinajstić information content (AvgIpc) is 2.36. The van der Waals surface area contributed by atoms with E-state index in [2.05, 4.69) is 0 Å². The first-order chi connectivity index (χ1) is 8.65. The number of nitro groups is 1. The summed E-state index contributed by atoms with van der Waals surface area (Å²) in [5.41, 5.74) is -0.101. The van der Waals surface area contributed by atoms with Gasteiger partial charge in [0, 0.05) is 6.07 Å². The minimum absolute atomic E-state index is 0.0790. The number of hydrogen-bond donors (Lipinski definition) is 1. The van der Waals surface area contributed by atoms with Gasteiger partial charge in [-0.2, -0.15) is 0 Å². The van der Waals surface area contributed by atoms with Gasteiger partial charge in [-0.25, -0.2) is 0 Å². The summed E-state index contributed by atoms with van der Waals surface area (Å²) < 4.78 is 10.9. The van der Waals surface area contributed by atoms with E-state index >= 15 is 0 Å². The highest BCUT2D eigenvalue weighted by Gasteiger charge is 2.23. The Kier molecular flexibility index (Phi) is 2.09. The first-order valence-electron chi connectivity index (χ1n) is 5.11. The molecule has 1 N–H and O–H groups in total. The normalized spacial score (nSPS) is 11.8. The van der Waals surface area contributed by atoms with Crippen molar-refractivity contribution >= 4 is 5.69 Å². The van der Waals surface area contributed by atoms with Crippen molar-refractivity contribution in [2.24, 2.45) is 0 Å². The lowest BCUT2D eigenvalue weighted by Gasteiger charge is -2.20. The lowest BCUT2D eigenvalue weighted by molar-refractivity contribution is -0.384. The number of non-ortho nitro benzene ring substituents is 1. The summed E-state index contributed by atoms with van der Waals surface area (Å²) in [4.78, 5) is 10.1. The van der Waals surface area contributed by atoms with Gasteiger partial charge in [0.1, 0.15) is 0 Å². The van der Waals surface area contributed by atoms with Crippen molar-refractivity contribution in [2.75, 3.05) is 0 Å². The van der Waals surface area contributed by atoms with E-state index in [1.54, 1.807) is 12.1 Å². The number of nitro benzene ring substituents is 1. The monoisotopic (exact) mass is 245 g/mol. The molecule has 18 heavy (non-hydrogen) atoms. The van der Waals surface area contributed by atoms with Gasteiger partial charge in [-0.15, -0.1) is 0 Å². The Morgan fingerprint density at radius 1 is 1.06 bits per heavy atom. The zero-order chi connectivity index (χ0) is 12.7. The summed E-state index contributed by atoms with van der Waals surface area (Å²) in [6.45, 7) is 0. The molecule has 0 spiro atoms. The maximum absolute atomic E-state index is 10.7. The van der Waals surface area contributed by atoms with Crippen molar-refractivity contribution in [1.29, 1.82) is 0 Å². The molecule has 6 nitrogen and oxygen atoms in total. The van der Waals surface area contributed by atoms with Gasteiger partial charge in [-0.3, -0.25) is 10.1 Å². The SMILES string of the molecule is O=[N+]([O-])c1ccc2c(c1)Oc1c(O)cccc1O2. The molecule has 0 radical (unpaired) electrons. The fraction of sp³-hybridized carbons (Fsp3) is 0. The minimum Gasteiger partial charge on any atom is -0.504 e. The zero-order valence-electron chi connectivity index (χ0n) is 8.99. The van der Waals surface area contributed by atoms with Crippen molar-refractivity contribution < 1.29 is 19.5 Å². The summed E-state index contributed by atoms with van der Waals surface area (Å²) in [6, 6.07) is 8.75. The third-order valence-corrected chi connectivity index (χ3v) is 2.53. The van der Waals surface area contributed by atoms with Crippen LogP contribution in [0.25, 0.3) is 0 Å². The van der Waals surface area contributed by atoms with E-state index < -0.39 is 4.92 Å². The maximum Gasteiger partial charge on any atom is 0.273 e. The highest BCUT2D eigenvalue weighted by Crippen LogP contribution is 2.49. The van der Waals surface area contributed by atoms with Gasteiger partial charge >= 0.3 is 0 Å². The molecular weight excluding hydrogens is 238 g/mol. The third kappa shape index (κ3) is 1.51. The van der Waals surface area contributed by atoms with Crippen LogP contribution in [0.4, 0.5) is 5.69 Å². The molecule has 0 unspecified atom stereocenters. The Labute approximate surface area is 101 Å². The molecule has 0 bridgehead atoms. The van der Waals surface area contributed by atoms with E-state index in [0.717, 1.165) is 0 Å². The Morgan fingerprint density at radius 3 is 2.67 bits per heavy atom. The summed E-state index contributed by atoms with van der Waals surface area (Å²) in [6.07, 6.45) is 0. The second-order valence-corrected chi connectivity index (χ2v) is 3.70. The topological polar surface area (TPSA) is 81.8 Å². The molecule has 0 saturated carbocycles. The molecule has 0 aliphatic carbocycles. The molecule has 3 rings (SSSR count). The Hall–Kier alpha value is -2.76. The van der Waals surface area contributed by atoms with Gasteiger partial charge in [0.15, 0.2) is 23.0 Å². The van der Waals surface area contributed by atoms with Crippen LogP contribution in [0, 0.1) is 10.1 Å². The van der Waals surface area contributed by atoms with Gasteiger partial charge in [0.05, 0.1) is 11.0 Å². The number of fused-ring (bicyclic) bond motifs is 2. The standard InChI is InChI=1S/C12H7NO5/c14-8-2-1-3-10-12(8)18-11-6-7(13(15)16)4-5-9(11)17-10/h1-6,14H. The third-order valence-electron chi connectivity index (χ3n) is 2.53. The highest BCUT2D eigenvalue weighted by molar-refractivity contribution is 5.61. The largest absolute Gasteiger partial charge is 0.504 e. The van der Waals surface area contributed by atoms with Crippen LogP contribution in [0.1, 0.15) is 0 Å². The van der Waals surface area contributed by atoms with E-state index in [-0.39, 0.29) is 22.9 Å². The van der Waals surface area contributed by atoms with Crippen LogP contribution in [-0.2, 0) is 0 Å². The Balaban J connectivity index is 2.09. The van der Waals surface area contributed by atoms with Crippen LogP contribution in [0.3, 0.4) is 0 Å². The van der Waals surface area contributed by atoms with E-state index in [4.69, 9.17) is 9.47 Å². The number of phenols is 1. The molecule has 2 aromatic carbocycles. The quantitative estimate of drug-likeness (QED) is 0.525. The predicted octanol–water partition coefficient (Wildman–Crippen LogP) is 3.20. The van der Waals surface area contributed by atoms with E-state index in [0.29, 0.717) is 11.5 Å². The zero-order valence-corrected chi connectivity index (χ0v) is 8.99. The van der Waals surface area contributed by atoms with Gasteiger partial charge in [-0.1, -0.05) is 6.07 Å². The molecule has 1 heterocycles. The molecule has 0 atom stereocenters. The first kappa shape index (κ1) is 10.4. The van der Waals surface area contributed by atoms with Gasteiger partial charge in [0.2, 0.25) is 5.75 Å². The van der Waals surface area contributed by atoms with Crippen molar-refractivity contribution in [2.45, 2.75) is 0 Å². The molecule has 0 aromatic heterocycles. The van der Waals surface area contributed by atoms with E-state index in [9.17, 15) is 15.2 Å². The number of phenolic OH excluding ortho intramolecular Hbond substituents is 1. The lowest BCUT2D eigenvalue weighted by Crippen LogP contribution is -1.99. The van der Waals surface area contributed by atoms with Crippen LogP contribution in [0.15, 0.2) is 36.4 Å². The van der Waals surface area contributed by atoms with Crippen molar-refractivity contribution in [1.82, 2.24) is 0 Å². The van der Waals surface area contributed by atoms with Crippen molar-refractivity contribution in [3.63, 3.8) is 0 Å². The summed E-state index contributed by atoms with van der Waals surface area (Å²) in [5, 5.41) is 20.3. The number of para-hydroxylation sites is 1. The molecule has 1 aliphatic rings. The molecular formula is C12H7NO5. The van der Waals surface area contributed by atoms with Gasteiger partial charge in [0.25, 0.3) is 5.69 Å². The van der Waals surface area contributed by atoms with Crippen LogP contribution in [-0.4, -0.2) is 10.0 Å². The number of ether oxygens (including phenoxy) is 2. The Morgan fingerprint density at radius 2 is 1.89 bits per heavy atom. The molecule has 1 aliphatic heterocycles. The van der Waals surface area contributed by atoms with E-state index in [1.807, 2.05) is 0 Å². The molecule has 2 aromatic rings. The number of rotatable bonds is 1. The fourth-order valence-electron chi connectivity index (χ4n) is 1.69. The second kappa shape index (κ2) is 3.63. The van der Waals surface area contributed by atoms with Crippen LogP contribution in [0.2, 0.25) is 0 Å². The first-order valence-corrected chi connectivity index (χ1v) is 5.11. The predicted molar refractivity (Wildman–Crippen MR) is 61.4 cm³/mol. The second-order valence-electron chi connectivity index (χ2n) is 3.70. The lowest BCUT2D eigenvalue weighted by atomic mass is 10.2. The Bertz CT molecular complexity index is 653. The van der Waals surface area contributed by atoms with E-state index in [1.165, 1.54) is 24.3 Å². The highest BCUT2D eigenvalue weighted by atomic mass is 16.6. The van der Waals surface area contributed by atoms with Crippen LogP contribution in [0.5, 0.6) is 28.7 Å². The number of hydrogen-bond acceptors (Lipinski definition) is 5. The van der Waals surface area contributed by atoms with Crippen molar-refractivity contribution in [3.8, 4) is 28.7 Å². The smallest absolute Gasteiger partial charge is 0.273 e. The minimum atomic E-state index is -0.524. The molecule has 90 valence electrons. The number of benzene rings is 2. The average molecular weight is 245 g/mol. The van der Waals surface area contributed by atoms with Gasteiger partial charge < -0.3 is 14.6 Å². The maximum atomic E-state index is 10.7. The molecule has 6 heteroatoms. The number of aromatic hydroxyl groups is 1. The summed E-state index contributed by atoms with van der Waals surface area (Å²) in [5.74, 6) is 1.03. The summed E-state index contributed by atoms with van der Waals surface area (Å²) in [7, 11) is 0.